The third kappa shape index (κ3) is 3.51. The summed E-state index contributed by atoms with van der Waals surface area (Å²) in [6.07, 6.45) is 1.11. The van der Waals surface area contributed by atoms with Crippen molar-refractivity contribution in [2.75, 3.05) is 17.2 Å². The second-order valence-corrected chi connectivity index (χ2v) is 4.98. The minimum Gasteiger partial charge on any atom is -0.370 e. The monoisotopic (exact) mass is 307 g/mol. The molecule has 0 saturated heterocycles. The molecule has 0 bridgehead atoms. The summed E-state index contributed by atoms with van der Waals surface area (Å²) in [5.41, 5.74) is 0.662. The van der Waals surface area contributed by atoms with Crippen LogP contribution >= 0.6 is 11.3 Å². The lowest BCUT2D eigenvalue weighted by Crippen LogP contribution is -2.16. The predicted molar refractivity (Wildman–Crippen MR) is 79.9 cm³/mol. The van der Waals surface area contributed by atoms with Crippen molar-refractivity contribution < 1.29 is 9.72 Å². The van der Waals surface area contributed by atoms with Gasteiger partial charge in [0, 0.05) is 18.0 Å². The number of hydrogen-bond acceptors (Lipinski definition) is 7. The summed E-state index contributed by atoms with van der Waals surface area (Å²) in [5.74, 6) is -0.189. The number of anilines is 2. The number of carbonyl (C=O) groups excluding carboxylic acids is 1. The SMILES string of the molecule is CCNc1ncc([N+](=O)[O-])cc1C(=O)Nc1nc(C)cs1. The van der Waals surface area contributed by atoms with Crippen LogP contribution in [0.3, 0.4) is 0 Å². The fourth-order valence-electron chi connectivity index (χ4n) is 1.61. The van der Waals surface area contributed by atoms with Crippen LogP contribution in [0.1, 0.15) is 23.0 Å². The largest absolute Gasteiger partial charge is 0.370 e. The summed E-state index contributed by atoms with van der Waals surface area (Å²) in [6, 6.07) is 1.20. The molecule has 0 atom stereocenters. The fraction of sp³-hybridized carbons (Fsp3) is 0.250. The lowest BCUT2D eigenvalue weighted by atomic mass is 10.2. The normalized spacial score (nSPS) is 10.2. The Balaban J connectivity index is 2.32. The molecule has 2 N–H and O–H groups in total. The van der Waals surface area contributed by atoms with Crippen molar-refractivity contribution >= 4 is 33.9 Å². The maximum atomic E-state index is 12.2. The van der Waals surface area contributed by atoms with E-state index in [1.165, 1.54) is 17.4 Å². The number of carbonyl (C=O) groups is 1. The Kier molecular flexibility index (Phi) is 4.43. The lowest BCUT2D eigenvalue weighted by molar-refractivity contribution is -0.385. The Morgan fingerprint density at radius 3 is 2.86 bits per heavy atom. The van der Waals surface area contributed by atoms with Crippen molar-refractivity contribution in [1.82, 2.24) is 9.97 Å². The number of aromatic nitrogens is 2. The van der Waals surface area contributed by atoms with E-state index in [1.54, 1.807) is 5.38 Å². The van der Waals surface area contributed by atoms with E-state index >= 15 is 0 Å². The second kappa shape index (κ2) is 6.27. The molecule has 0 radical (unpaired) electrons. The number of rotatable bonds is 5. The number of thiazole rings is 1. The molecule has 0 aliphatic rings. The van der Waals surface area contributed by atoms with E-state index in [4.69, 9.17) is 0 Å². The van der Waals surface area contributed by atoms with Gasteiger partial charge >= 0.3 is 0 Å². The average molecular weight is 307 g/mol. The van der Waals surface area contributed by atoms with E-state index in [-0.39, 0.29) is 11.3 Å². The molecule has 9 heteroatoms. The number of nitrogens with zero attached hydrogens (tertiary/aromatic N) is 3. The highest BCUT2D eigenvalue weighted by atomic mass is 32.1. The van der Waals surface area contributed by atoms with Gasteiger partial charge in [-0.1, -0.05) is 0 Å². The zero-order valence-corrected chi connectivity index (χ0v) is 12.2. The minimum absolute atomic E-state index is 0.110. The van der Waals surface area contributed by atoms with Gasteiger partial charge in [0.2, 0.25) is 0 Å². The Morgan fingerprint density at radius 2 is 2.29 bits per heavy atom. The average Bonchev–Trinajstić information content (AvgIpc) is 2.84. The highest BCUT2D eigenvalue weighted by molar-refractivity contribution is 7.13. The fourth-order valence-corrected chi connectivity index (χ4v) is 2.29. The second-order valence-electron chi connectivity index (χ2n) is 4.13. The van der Waals surface area contributed by atoms with Gasteiger partial charge in [-0.05, 0) is 13.8 Å². The third-order valence-corrected chi connectivity index (χ3v) is 3.39. The van der Waals surface area contributed by atoms with Crippen molar-refractivity contribution in [3.05, 3.63) is 39.0 Å². The molecule has 8 nitrogen and oxygen atoms in total. The number of nitro groups is 1. The zero-order valence-electron chi connectivity index (χ0n) is 11.4. The lowest BCUT2D eigenvalue weighted by Gasteiger charge is -2.08. The Morgan fingerprint density at radius 1 is 1.52 bits per heavy atom. The van der Waals surface area contributed by atoms with Gasteiger partial charge in [-0.2, -0.15) is 0 Å². The quantitative estimate of drug-likeness (QED) is 0.648. The molecule has 0 spiro atoms. The topological polar surface area (TPSA) is 110 Å². The first kappa shape index (κ1) is 14.9. The molecule has 1 amide bonds. The number of pyridine rings is 1. The summed E-state index contributed by atoms with van der Waals surface area (Å²) >= 11 is 1.28. The molecule has 0 aliphatic carbocycles. The standard InChI is InChI=1S/C12H13N5O3S/c1-3-13-10-9(4-8(5-14-10)17(19)20)11(18)16-12-15-7(2)6-21-12/h4-6H,3H2,1-2H3,(H,13,14)(H,15,16,18). The van der Waals surface area contributed by atoms with Gasteiger partial charge in [-0.25, -0.2) is 9.97 Å². The van der Waals surface area contributed by atoms with Gasteiger partial charge in [0.1, 0.15) is 12.0 Å². The number of hydrogen-bond donors (Lipinski definition) is 2. The first-order valence-electron chi connectivity index (χ1n) is 6.13. The van der Waals surface area contributed by atoms with Crippen LogP contribution in [-0.4, -0.2) is 27.3 Å². The molecule has 0 aromatic carbocycles. The first-order chi connectivity index (χ1) is 10.0. The van der Waals surface area contributed by atoms with Gasteiger partial charge in [-0.3, -0.25) is 20.2 Å². The molecule has 21 heavy (non-hydrogen) atoms. The van der Waals surface area contributed by atoms with E-state index in [0.29, 0.717) is 17.5 Å². The molecular weight excluding hydrogens is 294 g/mol. The van der Waals surface area contributed by atoms with Crippen molar-refractivity contribution in [2.45, 2.75) is 13.8 Å². The van der Waals surface area contributed by atoms with E-state index in [1.807, 2.05) is 13.8 Å². The van der Waals surface area contributed by atoms with Gasteiger partial charge < -0.3 is 5.32 Å². The van der Waals surface area contributed by atoms with Crippen LogP contribution in [-0.2, 0) is 0 Å². The molecule has 2 aromatic heterocycles. The maximum absolute atomic E-state index is 12.2. The molecule has 110 valence electrons. The molecule has 2 rings (SSSR count). The predicted octanol–water partition coefficient (Wildman–Crippen LogP) is 2.44. The molecule has 2 heterocycles. The van der Waals surface area contributed by atoms with Crippen molar-refractivity contribution in [3.8, 4) is 0 Å². The van der Waals surface area contributed by atoms with Crippen molar-refractivity contribution in [2.24, 2.45) is 0 Å². The maximum Gasteiger partial charge on any atom is 0.288 e. The summed E-state index contributed by atoms with van der Waals surface area (Å²) in [7, 11) is 0. The number of amides is 1. The van der Waals surface area contributed by atoms with E-state index < -0.39 is 10.8 Å². The van der Waals surface area contributed by atoms with Crippen LogP contribution in [0.15, 0.2) is 17.6 Å². The molecule has 0 aliphatic heterocycles. The Bertz CT molecular complexity index is 685. The van der Waals surface area contributed by atoms with E-state index in [9.17, 15) is 14.9 Å². The van der Waals surface area contributed by atoms with Crippen LogP contribution < -0.4 is 10.6 Å². The molecule has 0 unspecified atom stereocenters. The van der Waals surface area contributed by atoms with Gasteiger partial charge in [-0.15, -0.1) is 11.3 Å². The smallest absolute Gasteiger partial charge is 0.288 e. The summed E-state index contributed by atoms with van der Waals surface area (Å²) in [4.78, 5) is 30.5. The van der Waals surface area contributed by atoms with Crippen molar-refractivity contribution in [1.29, 1.82) is 0 Å². The van der Waals surface area contributed by atoms with Crippen LogP contribution in [0.2, 0.25) is 0 Å². The van der Waals surface area contributed by atoms with Crippen molar-refractivity contribution in [3.63, 3.8) is 0 Å². The molecule has 0 fully saturated rings. The summed E-state index contributed by atoms with van der Waals surface area (Å²) < 4.78 is 0. The van der Waals surface area contributed by atoms with E-state index in [0.717, 1.165) is 11.9 Å². The highest BCUT2D eigenvalue weighted by Crippen LogP contribution is 2.22. The highest BCUT2D eigenvalue weighted by Gasteiger charge is 2.18. The number of aryl methyl sites for hydroxylation is 1. The summed E-state index contributed by atoms with van der Waals surface area (Å²) in [6.45, 7) is 4.20. The Labute approximate surface area is 124 Å². The molecular formula is C12H13N5O3S. The Hall–Kier alpha value is -2.55. The molecule has 2 aromatic rings. The summed E-state index contributed by atoms with van der Waals surface area (Å²) in [5, 5.41) is 18.6. The van der Waals surface area contributed by atoms with Gasteiger partial charge in [0.25, 0.3) is 11.6 Å². The molecule has 0 saturated carbocycles. The van der Waals surface area contributed by atoms with Crippen LogP contribution in [0.4, 0.5) is 16.6 Å². The van der Waals surface area contributed by atoms with Crippen LogP contribution in [0.25, 0.3) is 0 Å². The first-order valence-corrected chi connectivity index (χ1v) is 7.01. The van der Waals surface area contributed by atoms with Crippen LogP contribution in [0.5, 0.6) is 0 Å². The van der Waals surface area contributed by atoms with Gasteiger partial charge in [0.15, 0.2) is 5.13 Å². The van der Waals surface area contributed by atoms with Gasteiger partial charge in [0.05, 0.1) is 16.2 Å². The van der Waals surface area contributed by atoms with E-state index in [2.05, 4.69) is 20.6 Å². The van der Waals surface area contributed by atoms with Crippen LogP contribution in [0, 0.1) is 17.0 Å². The minimum atomic E-state index is -0.590. The number of nitrogens with one attached hydrogen (secondary N) is 2. The third-order valence-electron chi connectivity index (χ3n) is 2.51. The zero-order chi connectivity index (χ0) is 15.4.